The van der Waals surface area contributed by atoms with Gasteiger partial charge in [0.1, 0.15) is 12.6 Å². The van der Waals surface area contributed by atoms with E-state index in [9.17, 15) is 22.8 Å². The van der Waals surface area contributed by atoms with Crippen molar-refractivity contribution >= 4 is 49.2 Å². The molecule has 0 heterocycles. The molecule has 0 radical (unpaired) electrons. The van der Waals surface area contributed by atoms with Crippen LogP contribution in [0.4, 0.5) is 5.69 Å². The normalized spacial score (nSPS) is 12.0. The Kier molecular flexibility index (Phi) is 8.57. The summed E-state index contributed by atoms with van der Waals surface area (Å²) in [5.74, 6) is -1.16. The summed E-state index contributed by atoms with van der Waals surface area (Å²) in [6.07, 6.45) is 0.988. The number of nitrogens with one attached hydrogen (secondary N) is 1. The van der Waals surface area contributed by atoms with Gasteiger partial charge < -0.3 is 10.2 Å². The molecule has 1 atom stereocenters. The van der Waals surface area contributed by atoms with Gasteiger partial charge in [-0.2, -0.15) is 0 Å². The van der Waals surface area contributed by atoms with Gasteiger partial charge in [-0.15, -0.1) is 0 Å². The first-order valence-electron chi connectivity index (χ1n) is 9.78. The molecule has 1 N–H and O–H groups in total. The van der Waals surface area contributed by atoms with Crippen LogP contribution in [0.2, 0.25) is 0 Å². The van der Waals surface area contributed by atoms with E-state index in [0.29, 0.717) is 5.56 Å². The minimum absolute atomic E-state index is 0.109. The van der Waals surface area contributed by atoms with Gasteiger partial charge in [0.25, 0.3) is 0 Å². The number of halogens is 1. The molecule has 2 rings (SSSR count). The summed E-state index contributed by atoms with van der Waals surface area (Å²) in [6, 6.07) is 12.5. The highest BCUT2D eigenvalue weighted by atomic mass is 79.9. The van der Waals surface area contributed by atoms with Crippen molar-refractivity contribution in [3.63, 3.8) is 0 Å². The molecule has 0 saturated heterocycles. The van der Waals surface area contributed by atoms with E-state index in [1.54, 1.807) is 19.1 Å². The predicted octanol–water partition coefficient (Wildman–Crippen LogP) is 2.58. The third-order valence-corrected chi connectivity index (χ3v) is 6.51. The van der Waals surface area contributed by atoms with E-state index in [0.717, 1.165) is 20.6 Å². The largest absolute Gasteiger partial charge is 0.357 e. The van der Waals surface area contributed by atoms with Crippen molar-refractivity contribution in [3.05, 3.63) is 64.1 Å². The van der Waals surface area contributed by atoms with E-state index in [-0.39, 0.29) is 23.9 Å². The number of benzene rings is 2. The van der Waals surface area contributed by atoms with Crippen LogP contribution < -0.4 is 9.62 Å². The molecule has 172 valence electrons. The summed E-state index contributed by atoms with van der Waals surface area (Å²) in [6.45, 7) is 2.54. The number of carbonyl (C=O) groups is 3. The van der Waals surface area contributed by atoms with Gasteiger partial charge >= 0.3 is 0 Å². The molecule has 0 aliphatic carbocycles. The fourth-order valence-corrected chi connectivity index (χ4v) is 4.41. The molecule has 0 bridgehead atoms. The number of likely N-dealkylation sites (N-methyl/N-ethyl adjacent to an activating group) is 1. The van der Waals surface area contributed by atoms with E-state index in [1.807, 2.05) is 24.3 Å². The van der Waals surface area contributed by atoms with Crippen LogP contribution in [-0.2, 0) is 26.2 Å². The third-order valence-electron chi connectivity index (χ3n) is 4.88. The maximum atomic E-state index is 13.3. The molecule has 0 spiro atoms. The van der Waals surface area contributed by atoms with Crippen molar-refractivity contribution in [1.29, 1.82) is 0 Å². The summed E-state index contributed by atoms with van der Waals surface area (Å²) in [7, 11) is -2.38. The first kappa shape index (κ1) is 25.5. The number of hydrogen-bond donors (Lipinski definition) is 1. The van der Waals surface area contributed by atoms with Crippen LogP contribution in [0.5, 0.6) is 0 Å². The lowest BCUT2D eigenvalue weighted by atomic mass is 10.1. The number of ketones is 1. The van der Waals surface area contributed by atoms with Gasteiger partial charge in [-0.3, -0.25) is 18.7 Å². The fourth-order valence-electron chi connectivity index (χ4n) is 3.12. The Labute approximate surface area is 196 Å². The minimum atomic E-state index is -3.85. The number of hydrogen-bond acceptors (Lipinski definition) is 5. The topological polar surface area (TPSA) is 104 Å². The lowest BCUT2D eigenvalue weighted by Crippen LogP contribution is -2.50. The first-order valence-corrected chi connectivity index (χ1v) is 12.4. The number of sulfonamides is 1. The highest BCUT2D eigenvalue weighted by Gasteiger charge is 2.29. The Morgan fingerprint density at radius 3 is 2.31 bits per heavy atom. The van der Waals surface area contributed by atoms with Crippen molar-refractivity contribution in [3.8, 4) is 0 Å². The number of Topliss-reactive ketones (excluding diaryl/α,β-unsaturated/α-hetero) is 1. The first-order chi connectivity index (χ1) is 14.9. The number of carbonyl (C=O) groups excluding carboxylic acids is 3. The summed E-state index contributed by atoms with van der Waals surface area (Å²) in [5.41, 5.74) is 1.30. The number of rotatable bonds is 9. The summed E-state index contributed by atoms with van der Waals surface area (Å²) in [4.78, 5) is 38.7. The quantitative estimate of drug-likeness (QED) is 0.508. The van der Waals surface area contributed by atoms with Crippen LogP contribution in [0.25, 0.3) is 0 Å². The smallest absolute Gasteiger partial charge is 0.244 e. The maximum Gasteiger partial charge on any atom is 0.244 e. The van der Waals surface area contributed by atoms with Crippen molar-refractivity contribution < 1.29 is 22.8 Å². The summed E-state index contributed by atoms with van der Waals surface area (Å²) in [5, 5.41) is 2.52. The van der Waals surface area contributed by atoms with E-state index < -0.39 is 28.5 Å². The molecule has 32 heavy (non-hydrogen) atoms. The highest BCUT2D eigenvalue weighted by molar-refractivity contribution is 9.10. The summed E-state index contributed by atoms with van der Waals surface area (Å²) >= 11 is 3.39. The molecule has 0 aliphatic heterocycles. The van der Waals surface area contributed by atoms with Crippen LogP contribution in [-0.4, -0.2) is 56.8 Å². The highest BCUT2D eigenvalue weighted by Crippen LogP contribution is 2.21. The Balaban J connectivity index is 2.42. The zero-order valence-electron chi connectivity index (χ0n) is 18.3. The molecule has 0 fully saturated rings. The monoisotopic (exact) mass is 523 g/mol. The number of nitrogens with zero attached hydrogens (tertiary/aromatic N) is 2. The van der Waals surface area contributed by atoms with Gasteiger partial charge in [-0.05, 0) is 43.7 Å². The van der Waals surface area contributed by atoms with Gasteiger partial charge in [0.15, 0.2) is 5.78 Å². The van der Waals surface area contributed by atoms with Crippen LogP contribution >= 0.6 is 15.9 Å². The predicted molar refractivity (Wildman–Crippen MR) is 127 cm³/mol. The Bertz CT molecular complexity index is 1120. The Hall–Kier alpha value is -2.72. The third kappa shape index (κ3) is 6.64. The molecule has 0 saturated carbocycles. The number of anilines is 1. The molecule has 1 unspecified atom stereocenters. The van der Waals surface area contributed by atoms with E-state index in [4.69, 9.17) is 0 Å². The molecule has 8 nitrogen and oxygen atoms in total. The van der Waals surface area contributed by atoms with Crippen molar-refractivity contribution in [2.75, 3.05) is 24.2 Å². The molecule has 2 amide bonds. The molecular formula is C22H26BrN3O5S. The molecule has 10 heteroatoms. The number of amides is 2. The van der Waals surface area contributed by atoms with Crippen LogP contribution in [0.3, 0.4) is 0 Å². The van der Waals surface area contributed by atoms with Gasteiger partial charge in [0.05, 0.1) is 11.9 Å². The SMILES string of the molecule is CNC(=O)C(C)N(Cc1cccc(Br)c1)C(=O)CN(c1cccc(C(C)=O)c1)S(C)(=O)=O. The van der Waals surface area contributed by atoms with Crippen LogP contribution in [0.15, 0.2) is 53.0 Å². The van der Waals surface area contributed by atoms with Crippen molar-refractivity contribution in [2.45, 2.75) is 26.4 Å². The van der Waals surface area contributed by atoms with E-state index in [1.165, 1.54) is 31.0 Å². The maximum absolute atomic E-state index is 13.3. The molecule has 0 aliphatic rings. The average Bonchev–Trinajstić information content (AvgIpc) is 2.73. The fraction of sp³-hybridized carbons (Fsp3) is 0.318. The van der Waals surface area contributed by atoms with Crippen molar-refractivity contribution in [2.24, 2.45) is 0 Å². The lowest BCUT2D eigenvalue weighted by molar-refractivity contribution is -0.139. The van der Waals surface area contributed by atoms with Crippen LogP contribution in [0, 0.1) is 0 Å². The molecule has 0 aromatic heterocycles. The average molecular weight is 524 g/mol. The second-order valence-electron chi connectivity index (χ2n) is 7.32. The van der Waals surface area contributed by atoms with Gasteiger partial charge in [0.2, 0.25) is 21.8 Å². The second-order valence-corrected chi connectivity index (χ2v) is 10.1. The zero-order valence-corrected chi connectivity index (χ0v) is 20.7. The Morgan fingerprint density at radius 2 is 1.75 bits per heavy atom. The second kappa shape index (κ2) is 10.7. The zero-order chi connectivity index (χ0) is 24.1. The molecule has 2 aromatic rings. The van der Waals surface area contributed by atoms with Gasteiger partial charge in [-0.1, -0.05) is 40.2 Å². The Morgan fingerprint density at radius 1 is 1.09 bits per heavy atom. The standard InChI is InChI=1S/C22H26BrN3O5S/c1-15(22(29)24-3)25(13-17-7-5-9-19(23)11-17)21(28)14-26(32(4,30)31)20-10-6-8-18(12-20)16(2)27/h5-12,15H,13-14H2,1-4H3,(H,24,29). The van der Waals surface area contributed by atoms with Gasteiger partial charge in [-0.25, -0.2) is 8.42 Å². The van der Waals surface area contributed by atoms with E-state index >= 15 is 0 Å². The van der Waals surface area contributed by atoms with E-state index in [2.05, 4.69) is 21.2 Å². The van der Waals surface area contributed by atoms with Crippen LogP contribution in [0.1, 0.15) is 29.8 Å². The lowest BCUT2D eigenvalue weighted by Gasteiger charge is -2.31. The van der Waals surface area contributed by atoms with Crippen molar-refractivity contribution in [1.82, 2.24) is 10.2 Å². The van der Waals surface area contributed by atoms with Gasteiger partial charge in [0, 0.05) is 23.6 Å². The molecule has 2 aromatic carbocycles. The summed E-state index contributed by atoms with van der Waals surface area (Å²) < 4.78 is 26.8. The molecular weight excluding hydrogens is 498 g/mol. The minimum Gasteiger partial charge on any atom is -0.357 e.